The normalized spacial score (nSPS) is 11.0. The van der Waals surface area contributed by atoms with Gasteiger partial charge in [-0.3, -0.25) is 0 Å². The summed E-state index contributed by atoms with van der Waals surface area (Å²) in [5.74, 6) is 0. The molecule has 0 radical (unpaired) electrons. The van der Waals surface area contributed by atoms with Gasteiger partial charge in [-0.2, -0.15) is 4.31 Å². The Morgan fingerprint density at radius 2 is 1.50 bits per heavy atom. The molecular formula is C2H8K2N2O8S2. The Balaban J connectivity index is -0.000000240. The zero-order valence-electron chi connectivity index (χ0n) is 8.57. The zero-order valence-corrected chi connectivity index (χ0v) is 16.5. The van der Waals surface area contributed by atoms with Crippen molar-refractivity contribution in [3.8, 4) is 0 Å². The van der Waals surface area contributed by atoms with Gasteiger partial charge in [0.05, 0.1) is 6.67 Å². The molecule has 0 rings (SSSR count). The fourth-order valence-corrected chi connectivity index (χ4v) is 1.11. The van der Waals surface area contributed by atoms with Crippen LogP contribution in [0.1, 0.15) is 0 Å². The molecule has 0 saturated carbocycles. The largest absolute Gasteiger partial charge is 1.00 e. The SMILES string of the molecule is O.O=S(=O)([O-])NCN(CO)S(=O)(=O)[O-].[K+].[K+]. The molecular weight excluding hydrogens is 322 g/mol. The number of hydrogen-bond acceptors (Lipinski definition) is 7. The third-order valence-corrected chi connectivity index (χ3v) is 2.25. The Morgan fingerprint density at radius 1 is 1.12 bits per heavy atom. The summed E-state index contributed by atoms with van der Waals surface area (Å²) >= 11 is 0. The van der Waals surface area contributed by atoms with Crippen molar-refractivity contribution in [3.05, 3.63) is 0 Å². The number of nitrogens with zero attached hydrogens (tertiary/aromatic N) is 1. The van der Waals surface area contributed by atoms with Crippen LogP contribution in [0.2, 0.25) is 0 Å². The van der Waals surface area contributed by atoms with Crippen LogP contribution in [0.25, 0.3) is 0 Å². The van der Waals surface area contributed by atoms with E-state index in [1.54, 1.807) is 0 Å². The van der Waals surface area contributed by atoms with Gasteiger partial charge in [-0.05, 0) is 0 Å². The molecule has 0 aliphatic carbocycles. The zero-order chi connectivity index (χ0) is 10.7. The van der Waals surface area contributed by atoms with Crippen molar-refractivity contribution < 1.29 is 139 Å². The molecule has 0 spiro atoms. The molecule has 0 amide bonds. The summed E-state index contributed by atoms with van der Waals surface area (Å²) in [6.45, 7) is -2.30. The van der Waals surface area contributed by atoms with Gasteiger partial charge in [-0.25, -0.2) is 21.6 Å². The minimum Gasteiger partial charge on any atom is -0.735 e. The number of hydrogen-bond donors (Lipinski definition) is 2. The smallest absolute Gasteiger partial charge is 0.735 e. The van der Waals surface area contributed by atoms with Crippen LogP contribution in [-0.4, -0.2) is 54.2 Å². The first kappa shape index (κ1) is 27.3. The third kappa shape index (κ3) is 15.0. The third-order valence-electron chi connectivity index (χ3n) is 0.892. The van der Waals surface area contributed by atoms with Gasteiger partial charge in [0, 0.05) is 0 Å². The van der Waals surface area contributed by atoms with Gasteiger partial charge in [-0.15, -0.1) is 0 Å². The van der Waals surface area contributed by atoms with Gasteiger partial charge in [-0.1, -0.05) is 0 Å². The molecule has 0 atom stereocenters. The summed E-state index contributed by atoms with van der Waals surface area (Å²) in [4.78, 5) is 0. The fourth-order valence-electron chi connectivity index (χ4n) is 0.351. The first-order valence-corrected chi connectivity index (χ1v) is 5.46. The van der Waals surface area contributed by atoms with Crippen molar-refractivity contribution >= 4 is 20.6 Å². The number of aliphatic hydroxyl groups excluding tert-OH is 1. The molecule has 4 N–H and O–H groups in total. The van der Waals surface area contributed by atoms with Gasteiger partial charge in [0.1, 0.15) is 6.73 Å². The van der Waals surface area contributed by atoms with E-state index in [0.717, 1.165) is 0 Å². The van der Waals surface area contributed by atoms with Crippen LogP contribution >= 0.6 is 0 Å². The summed E-state index contributed by atoms with van der Waals surface area (Å²) < 4.78 is 61.2. The Labute approximate surface area is 178 Å². The van der Waals surface area contributed by atoms with E-state index in [2.05, 4.69) is 0 Å². The summed E-state index contributed by atoms with van der Waals surface area (Å²) in [5, 5.41) is 8.27. The van der Waals surface area contributed by atoms with Crippen LogP contribution < -0.4 is 107 Å². The van der Waals surface area contributed by atoms with E-state index >= 15 is 0 Å². The van der Waals surface area contributed by atoms with Gasteiger partial charge < -0.3 is 19.7 Å². The summed E-state index contributed by atoms with van der Waals surface area (Å²) in [7, 11) is -9.82. The molecule has 0 saturated heterocycles. The quantitative estimate of drug-likeness (QED) is 0.285. The molecule has 0 aliphatic heterocycles. The second kappa shape index (κ2) is 11.7. The minimum absolute atomic E-state index is 0. The first-order chi connectivity index (χ1) is 5.67. The number of aliphatic hydroxyl groups is 1. The monoisotopic (exact) mass is 330 g/mol. The minimum atomic E-state index is -4.97. The first-order valence-electron chi connectivity index (χ1n) is 2.69. The number of nitrogens with one attached hydrogen (secondary N) is 1. The molecule has 0 aromatic rings. The molecule has 10 nitrogen and oxygen atoms in total. The van der Waals surface area contributed by atoms with Crippen molar-refractivity contribution in [1.29, 1.82) is 0 Å². The maximum absolute atomic E-state index is 10.2. The maximum Gasteiger partial charge on any atom is 1.00 e. The van der Waals surface area contributed by atoms with Gasteiger partial charge in [0.25, 0.3) is 0 Å². The van der Waals surface area contributed by atoms with E-state index in [4.69, 9.17) is 5.11 Å². The maximum atomic E-state index is 10.2. The molecule has 88 valence electrons. The predicted molar refractivity (Wildman–Crippen MR) is 39.9 cm³/mol. The summed E-state index contributed by atoms with van der Waals surface area (Å²) in [6.07, 6.45) is 0. The van der Waals surface area contributed by atoms with Crippen molar-refractivity contribution in [2.75, 3.05) is 13.4 Å². The summed E-state index contributed by atoms with van der Waals surface area (Å²) in [5.41, 5.74) is 0. The number of rotatable bonds is 5. The van der Waals surface area contributed by atoms with Crippen LogP contribution in [0.3, 0.4) is 0 Å². The van der Waals surface area contributed by atoms with E-state index in [9.17, 15) is 25.9 Å². The average molecular weight is 330 g/mol. The van der Waals surface area contributed by atoms with Crippen LogP contribution in [0, 0.1) is 0 Å². The van der Waals surface area contributed by atoms with Gasteiger partial charge in [0.15, 0.2) is 20.6 Å². The van der Waals surface area contributed by atoms with Crippen molar-refractivity contribution in [1.82, 2.24) is 9.03 Å². The molecule has 0 fully saturated rings. The van der Waals surface area contributed by atoms with Crippen molar-refractivity contribution in [2.24, 2.45) is 0 Å². The summed E-state index contributed by atoms with van der Waals surface area (Å²) in [6, 6.07) is 0. The van der Waals surface area contributed by atoms with Gasteiger partial charge >= 0.3 is 103 Å². The molecule has 0 bridgehead atoms. The van der Waals surface area contributed by atoms with Crippen LogP contribution in [0.4, 0.5) is 0 Å². The van der Waals surface area contributed by atoms with Gasteiger partial charge in [0.2, 0.25) is 0 Å². The fraction of sp³-hybridized carbons (Fsp3) is 1.00. The van der Waals surface area contributed by atoms with Crippen LogP contribution in [0.15, 0.2) is 0 Å². The molecule has 0 aliphatic rings. The van der Waals surface area contributed by atoms with Crippen molar-refractivity contribution in [3.63, 3.8) is 0 Å². The van der Waals surface area contributed by atoms with E-state index in [1.165, 1.54) is 4.72 Å². The Bertz CT molecular complexity index is 352. The van der Waals surface area contributed by atoms with E-state index in [-0.39, 0.29) is 113 Å². The molecule has 16 heavy (non-hydrogen) atoms. The Hall–Kier alpha value is 2.93. The standard InChI is InChI=1S/C2H8N2O7S2.2K.H2O/c5-2-4(13(9,10)11)1-3-12(6,7)8;;;/h3,5H,1-2H2,(H,6,7,8)(H,9,10,11);;;1H2/q;2*+1;/p-2. The van der Waals surface area contributed by atoms with E-state index in [0.29, 0.717) is 0 Å². The van der Waals surface area contributed by atoms with Crippen molar-refractivity contribution in [2.45, 2.75) is 0 Å². The molecule has 14 heteroatoms. The average Bonchev–Trinajstić information content (AvgIpc) is 1.82. The predicted octanol–water partition coefficient (Wildman–Crippen LogP) is -10.1. The second-order valence-corrected chi connectivity index (χ2v) is 4.38. The van der Waals surface area contributed by atoms with Crippen LogP contribution in [-0.2, 0) is 20.6 Å². The Morgan fingerprint density at radius 3 is 1.69 bits per heavy atom. The van der Waals surface area contributed by atoms with E-state index < -0.39 is 34.0 Å². The molecule has 0 unspecified atom stereocenters. The topological polar surface area (TPSA) is 181 Å². The van der Waals surface area contributed by atoms with Crippen LogP contribution in [0.5, 0.6) is 0 Å². The molecule has 0 aromatic heterocycles. The second-order valence-electron chi connectivity index (χ2n) is 1.81. The Kier molecular flexibility index (Phi) is 20.0. The van der Waals surface area contributed by atoms with E-state index in [1.807, 2.05) is 0 Å². The molecule has 0 aromatic carbocycles. The molecule has 0 heterocycles.